The highest BCUT2D eigenvalue weighted by Gasteiger charge is 2.37. The lowest BCUT2D eigenvalue weighted by Gasteiger charge is -2.20. The van der Waals surface area contributed by atoms with Crippen LogP contribution in [0.4, 0.5) is 0 Å². The lowest BCUT2D eigenvalue weighted by atomic mass is 10.1. The number of aliphatic hydroxyl groups is 1. The van der Waals surface area contributed by atoms with E-state index in [1.165, 1.54) is 0 Å². The summed E-state index contributed by atoms with van der Waals surface area (Å²) < 4.78 is 0. The Balaban J connectivity index is 1.96. The fourth-order valence-electron chi connectivity index (χ4n) is 2.72. The van der Waals surface area contributed by atoms with E-state index in [-0.39, 0.29) is 12.3 Å². The molecule has 0 bridgehead atoms. The molecule has 1 atom stereocenters. The Morgan fingerprint density at radius 2 is 1.83 bits per heavy atom. The summed E-state index contributed by atoms with van der Waals surface area (Å²) in [5.41, 5.74) is 6.63. The zero-order valence-electron chi connectivity index (χ0n) is 13.6. The summed E-state index contributed by atoms with van der Waals surface area (Å²) in [5.74, 6) is -0.765. The van der Waals surface area contributed by atoms with Crippen molar-refractivity contribution in [2.75, 3.05) is 6.54 Å². The molecule has 3 N–H and O–H groups in total. The number of benzene rings is 1. The second-order valence-corrected chi connectivity index (χ2v) is 6.38. The SMILES string of the molecule is NCCCCCCC(O)N1C(=O)C/C(=C\c2ccc(Cl)cc2)C1=O. The summed E-state index contributed by atoms with van der Waals surface area (Å²) >= 11 is 5.84. The molecule has 1 aliphatic rings. The Hall–Kier alpha value is -1.69. The molecule has 1 aliphatic heterocycles. The van der Waals surface area contributed by atoms with Crippen LogP contribution in [0.5, 0.6) is 0 Å². The van der Waals surface area contributed by atoms with Crippen molar-refractivity contribution in [3.05, 3.63) is 40.4 Å². The molecule has 24 heavy (non-hydrogen) atoms. The molecule has 0 saturated carbocycles. The van der Waals surface area contributed by atoms with Crippen LogP contribution in [0.3, 0.4) is 0 Å². The van der Waals surface area contributed by atoms with Gasteiger partial charge in [0.05, 0.1) is 6.42 Å². The summed E-state index contributed by atoms with van der Waals surface area (Å²) in [5, 5.41) is 10.8. The lowest BCUT2D eigenvalue weighted by molar-refractivity contribution is -0.148. The number of aliphatic hydroxyl groups excluding tert-OH is 1. The van der Waals surface area contributed by atoms with E-state index < -0.39 is 12.1 Å². The number of hydrogen-bond donors (Lipinski definition) is 2. The van der Waals surface area contributed by atoms with Gasteiger partial charge >= 0.3 is 0 Å². The molecule has 0 radical (unpaired) electrons. The van der Waals surface area contributed by atoms with Crippen LogP contribution in [0, 0.1) is 0 Å². The van der Waals surface area contributed by atoms with Gasteiger partial charge in [0.25, 0.3) is 5.91 Å². The summed E-state index contributed by atoms with van der Waals surface area (Å²) in [6, 6.07) is 7.01. The highest BCUT2D eigenvalue weighted by atomic mass is 35.5. The molecule has 6 heteroatoms. The Labute approximate surface area is 147 Å². The number of amides is 2. The van der Waals surface area contributed by atoms with Crippen molar-refractivity contribution in [2.24, 2.45) is 5.73 Å². The summed E-state index contributed by atoms with van der Waals surface area (Å²) in [4.78, 5) is 25.5. The van der Waals surface area contributed by atoms with Gasteiger partial charge in [-0.15, -0.1) is 0 Å². The minimum absolute atomic E-state index is 0.0195. The maximum absolute atomic E-state index is 12.4. The van der Waals surface area contributed by atoms with Crippen LogP contribution < -0.4 is 5.73 Å². The van der Waals surface area contributed by atoms with Crippen molar-refractivity contribution >= 4 is 29.5 Å². The molecular weight excluding hydrogens is 328 g/mol. The minimum atomic E-state index is -1.06. The van der Waals surface area contributed by atoms with Gasteiger partial charge in [-0.2, -0.15) is 0 Å². The molecule has 1 aromatic carbocycles. The molecule has 2 rings (SSSR count). The normalized spacial score (nSPS) is 17.8. The number of nitrogens with zero attached hydrogens (tertiary/aromatic N) is 1. The number of imide groups is 1. The number of hydrogen-bond acceptors (Lipinski definition) is 4. The Kier molecular flexibility index (Phi) is 6.97. The van der Waals surface area contributed by atoms with Crippen LogP contribution in [0.25, 0.3) is 6.08 Å². The maximum atomic E-state index is 12.4. The first-order valence-electron chi connectivity index (χ1n) is 8.23. The maximum Gasteiger partial charge on any atom is 0.259 e. The van der Waals surface area contributed by atoms with Crippen molar-refractivity contribution in [2.45, 2.75) is 44.8 Å². The van der Waals surface area contributed by atoms with Crippen molar-refractivity contribution < 1.29 is 14.7 Å². The zero-order chi connectivity index (χ0) is 17.5. The summed E-state index contributed by atoms with van der Waals surface area (Å²) in [6.45, 7) is 0.657. The van der Waals surface area contributed by atoms with Crippen molar-refractivity contribution in [1.29, 1.82) is 0 Å². The molecule has 5 nitrogen and oxygen atoms in total. The van der Waals surface area contributed by atoms with Gasteiger partial charge in [0.1, 0.15) is 6.23 Å². The number of carbonyl (C=O) groups excluding carboxylic acids is 2. The zero-order valence-corrected chi connectivity index (χ0v) is 14.3. The highest BCUT2D eigenvalue weighted by Crippen LogP contribution is 2.25. The first-order valence-corrected chi connectivity index (χ1v) is 8.61. The fourth-order valence-corrected chi connectivity index (χ4v) is 2.85. The molecular formula is C18H23ClN2O3. The van der Waals surface area contributed by atoms with Crippen LogP contribution in [-0.4, -0.2) is 34.6 Å². The topological polar surface area (TPSA) is 83.6 Å². The Morgan fingerprint density at radius 3 is 2.50 bits per heavy atom. The number of likely N-dealkylation sites (tertiary alicyclic amines) is 1. The largest absolute Gasteiger partial charge is 0.373 e. The third-order valence-corrected chi connectivity index (χ3v) is 4.28. The second-order valence-electron chi connectivity index (χ2n) is 5.94. The van der Waals surface area contributed by atoms with Crippen molar-refractivity contribution in [3.63, 3.8) is 0 Å². The molecule has 1 unspecified atom stereocenters. The molecule has 1 fully saturated rings. The number of nitrogens with two attached hydrogens (primary N) is 1. The van der Waals surface area contributed by atoms with E-state index in [9.17, 15) is 14.7 Å². The van der Waals surface area contributed by atoms with Crippen molar-refractivity contribution in [3.8, 4) is 0 Å². The van der Waals surface area contributed by atoms with E-state index in [2.05, 4.69) is 0 Å². The third kappa shape index (κ3) is 4.90. The Bertz CT molecular complexity index is 613. The van der Waals surface area contributed by atoms with Crippen LogP contribution in [0.2, 0.25) is 5.02 Å². The number of carbonyl (C=O) groups is 2. The van der Waals surface area contributed by atoms with Gasteiger partial charge in [0.15, 0.2) is 0 Å². The smallest absolute Gasteiger partial charge is 0.259 e. The average Bonchev–Trinajstić information content (AvgIpc) is 2.83. The van der Waals surface area contributed by atoms with Crippen LogP contribution in [0.1, 0.15) is 44.1 Å². The first-order chi connectivity index (χ1) is 11.5. The third-order valence-electron chi connectivity index (χ3n) is 4.03. The standard InChI is InChI=1S/C18H23ClN2O3/c19-15-8-6-13(7-9-15)11-14-12-17(23)21(18(14)24)16(22)5-3-1-2-4-10-20/h6-9,11,16,22H,1-5,10,12,20H2/b14-11+. The lowest BCUT2D eigenvalue weighted by Crippen LogP contribution is -2.39. The molecule has 0 spiro atoms. The van der Waals surface area contributed by atoms with Gasteiger partial charge < -0.3 is 10.8 Å². The molecule has 0 aromatic heterocycles. The molecule has 0 aliphatic carbocycles. The molecule has 1 aromatic rings. The molecule has 1 heterocycles. The van der Waals surface area contributed by atoms with Crippen LogP contribution in [-0.2, 0) is 9.59 Å². The van der Waals surface area contributed by atoms with E-state index in [0.29, 0.717) is 23.6 Å². The van der Waals surface area contributed by atoms with Gasteiger partial charge in [-0.25, -0.2) is 0 Å². The first kappa shape index (κ1) is 18.6. The van der Waals surface area contributed by atoms with Crippen molar-refractivity contribution in [1.82, 2.24) is 4.90 Å². The van der Waals surface area contributed by atoms with E-state index >= 15 is 0 Å². The van der Waals surface area contributed by atoms with Gasteiger partial charge in [-0.3, -0.25) is 14.5 Å². The van der Waals surface area contributed by atoms with Gasteiger partial charge in [0.2, 0.25) is 5.91 Å². The average molecular weight is 351 g/mol. The van der Waals surface area contributed by atoms with Crippen LogP contribution in [0.15, 0.2) is 29.8 Å². The fraction of sp³-hybridized carbons (Fsp3) is 0.444. The summed E-state index contributed by atoms with van der Waals surface area (Å²) in [6.07, 6.45) is 4.66. The number of halogens is 1. The summed E-state index contributed by atoms with van der Waals surface area (Å²) in [7, 11) is 0. The Morgan fingerprint density at radius 1 is 1.17 bits per heavy atom. The predicted molar refractivity (Wildman–Crippen MR) is 94.0 cm³/mol. The molecule has 2 amide bonds. The van der Waals surface area contributed by atoms with E-state index in [1.807, 2.05) is 0 Å². The quantitative estimate of drug-likeness (QED) is 0.429. The minimum Gasteiger partial charge on any atom is -0.373 e. The van der Waals surface area contributed by atoms with Gasteiger partial charge in [-0.1, -0.05) is 36.6 Å². The number of rotatable bonds is 8. The van der Waals surface area contributed by atoms with Gasteiger partial charge in [0, 0.05) is 10.6 Å². The van der Waals surface area contributed by atoms with Gasteiger partial charge in [-0.05, 0) is 49.6 Å². The number of unbranched alkanes of at least 4 members (excludes halogenated alkanes) is 3. The van der Waals surface area contributed by atoms with E-state index in [0.717, 1.165) is 36.1 Å². The predicted octanol–water partition coefficient (Wildman–Crippen LogP) is 2.71. The van der Waals surface area contributed by atoms with E-state index in [1.54, 1.807) is 30.3 Å². The monoisotopic (exact) mass is 350 g/mol. The molecule has 130 valence electrons. The highest BCUT2D eigenvalue weighted by molar-refractivity contribution is 6.30. The molecule has 1 saturated heterocycles. The van der Waals surface area contributed by atoms with Crippen LogP contribution >= 0.6 is 11.6 Å². The second kappa shape index (κ2) is 8.97. The van der Waals surface area contributed by atoms with E-state index in [4.69, 9.17) is 17.3 Å².